The van der Waals surface area contributed by atoms with Crippen LogP contribution in [-0.2, 0) is 4.74 Å². The third-order valence-corrected chi connectivity index (χ3v) is 3.04. The molecule has 0 radical (unpaired) electrons. The van der Waals surface area contributed by atoms with Gasteiger partial charge in [0.1, 0.15) is 11.8 Å². The van der Waals surface area contributed by atoms with E-state index in [1.165, 1.54) is 23.3 Å². The SMILES string of the molecule is Nc1ncnc2c1ncn2[C@@H]1C=CC(F)(F)[C@@H](CO)O1. The zero-order valence-electron chi connectivity index (χ0n) is 10.1. The van der Waals surface area contributed by atoms with Crippen LogP contribution in [0.2, 0.25) is 0 Å². The minimum atomic E-state index is -3.21. The van der Waals surface area contributed by atoms with E-state index in [1.54, 1.807) is 0 Å². The summed E-state index contributed by atoms with van der Waals surface area (Å²) in [7, 11) is 0. The monoisotopic (exact) mass is 283 g/mol. The molecule has 7 nitrogen and oxygen atoms in total. The van der Waals surface area contributed by atoms with Gasteiger partial charge in [-0.25, -0.2) is 15.0 Å². The highest BCUT2D eigenvalue weighted by atomic mass is 19.3. The fraction of sp³-hybridized carbons (Fsp3) is 0.364. The van der Waals surface area contributed by atoms with E-state index >= 15 is 0 Å². The predicted octanol–water partition coefficient (Wildman–Crippen LogP) is 0.490. The smallest absolute Gasteiger partial charge is 0.294 e. The van der Waals surface area contributed by atoms with Gasteiger partial charge in [-0.2, -0.15) is 8.78 Å². The average molecular weight is 283 g/mol. The van der Waals surface area contributed by atoms with Gasteiger partial charge in [-0.05, 0) is 12.2 Å². The Morgan fingerprint density at radius 1 is 1.40 bits per heavy atom. The fourth-order valence-corrected chi connectivity index (χ4v) is 2.00. The van der Waals surface area contributed by atoms with Gasteiger partial charge < -0.3 is 15.6 Å². The van der Waals surface area contributed by atoms with Crippen molar-refractivity contribution >= 4 is 17.0 Å². The predicted molar refractivity (Wildman–Crippen MR) is 64.8 cm³/mol. The van der Waals surface area contributed by atoms with Gasteiger partial charge in [0, 0.05) is 0 Å². The van der Waals surface area contributed by atoms with E-state index in [2.05, 4.69) is 15.0 Å². The van der Waals surface area contributed by atoms with Gasteiger partial charge in [0.05, 0.1) is 12.9 Å². The molecule has 2 aromatic heterocycles. The fourth-order valence-electron chi connectivity index (χ4n) is 2.00. The number of anilines is 1. The molecule has 0 bridgehead atoms. The third-order valence-electron chi connectivity index (χ3n) is 3.04. The van der Waals surface area contributed by atoms with Crippen LogP contribution in [0.25, 0.3) is 11.2 Å². The van der Waals surface area contributed by atoms with Gasteiger partial charge in [-0.1, -0.05) is 0 Å². The summed E-state index contributed by atoms with van der Waals surface area (Å²) in [5.74, 6) is -3.02. The lowest BCUT2D eigenvalue weighted by molar-refractivity contribution is -0.166. The van der Waals surface area contributed by atoms with Crippen molar-refractivity contribution in [1.29, 1.82) is 0 Å². The van der Waals surface area contributed by atoms with Crippen molar-refractivity contribution in [2.75, 3.05) is 12.3 Å². The summed E-state index contributed by atoms with van der Waals surface area (Å²) in [4.78, 5) is 11.8. The molecule has 0 unspecified atom stereocenters. The highest BCUT2D eigenvalue weighted by Crippen LogP contribution is 2.33. The van der Waals surface area contributed by atoms with Crippen LogP contribution >= 0.6 is 0 Å². The van der Waals surface area contributed by atoms with Crippen LogP contribution in [0.5, 0.6) is 0 Å². The number of hydrogen-bond donors (Lipinski definition) is 2. The number of fused-ring (bicyclic) bond motifs is 1. The van der Waals surface area contributed by atoms with Crippen molar-refractivity contribution in [3.8, 4) is 0 Å². The lowest BCUT2D eigenvalue weighted by Gasteiger charge is -2.31. The molecule has 3 N–H and O–H groups in total. The van der Waals surface area contributed by atoms with E-state index < -0.39 is 24.9 Å². The Bertz CT molecular complexity index is 672. The van der Waals surface area contributed by atoms with Gasteiger partial charge in [-0.3, -0.25) is 4.57 Å². The molecule has 2 aromatic rings. The molecule has 0 fully saturated rings. The zero-order chi connectivity index (χ0) is 14.3. The van der Waals surface area contributed by atoms with E-state index in [9.17, 15) is 8.78 Å². The Morgan fingerprint density at radius 2 is 2.20 bits per heavy atom. The number of nitrogens with two attached hydrogens (primary N) is 1. The molecule has 0 aromatic carbocycles. The molecule has 9 heteroatoms. The standard InChI is InChI=1S/C11H11F2N5O2/c12-11(13)2-1-7(20-6(11)3-19)18-5-17-8-9(14)15-4-16-10(8)18/h1-2,4-7,19H,3H2,(H2,14,15,16)/t6-,7+/m1/s1. The molecule has 1 aliphatic rings. The van der Waals surface area contributed by atoms with Crippen LogP contribution in [0.15, 0.2) is 24.8 Å². The molecule has 106 valence electrons. The maximum atomic E-state index is 13.4. The Labute approximate surface area is 111 Å². The Morgan fingerprint density at radius 3 is 2.95 bits per heavy atom. The van der Waals surface area contributed by atoms with Crippen molar-refractivity contribution in [1.82, 2.24) is 19.5 Å². The van der Waals surface area contributed by atoms with Gasteiger partial charge in [0.25, 0.3) is 5.92 Å². The number of ether oxygens (including phenoxy) is 1. The lowest BCUT2D eigenvalue weighted by Crippen LogP contribution is -2.41. The second-order valence-corrected chi connectivity index (χ2v) is 4.31. The zero-order valence-corrected chi connectivity index (χ0v) is 10.1. The van der Waals surface area contributed by atoms with Gasteiger partial charge >= 0.3 is 0 Å². The van der Waals surface area contributed by atoms with Crippen LogP contribution < -0.4 is 5.73 Å². The maximum absolute atomic E-state index is 13.4. The molecule has 0 spiro atoms. The lowest BCUT2D eigenvalue weighted by atomic mass is 10.1. The Balaban J connectivity index is 2.02. The normalized spacial score (nSPS) is 25.1. The summed E-state index contributed by atoms with van der Waals surface area (Å²) in [5.41, 5.74) is 6.38. The maximum Gasteiger partial charge on any atom is 0.294 e. The molecule has 2 atom stereocenters. The molecular formula is C11H11F2N5O2. The van der Waals surface area contributed by atoms with Crippen molar-refractivity contribution in [3.63, 3.8) is 0 Å². The van der Waals surface area contributed by atoms with Crippen molar-refractivity contribution in [2.24, 2.45) is 0 Å². The summed E-state index contributed by atoms with van der Waals surface area (Å²) in [5, 5.41) is 8.99. The number of aliphatic hydroxyl groups excluding tert-OH is 1. The highest BCUT2D eigenvalue weighted by Gasteiger charge is 2.42. The van der Waals surface area contributed by atoms with E-state index in [0.717, 1.165) is 0 Å². The van der Waals surface area contributed by atoms with Crippen molar-refractivity contribution in [3.05, 3.63) is 24.8 Å². The average Bonchev–Trinajstić information content (AvgIpc) is 2.84. The van der Waals surface area contributed by atoms with E-state index in [-0.39, 0.29) is 5.82 Å². The molecule has 3 heterocycles. The number of nitrogen functional groups attached to an aromatic ring is 1. The molecule has 0 saturated carbocycles. The summed E-state index contributed by atoms with van der Waals surface area (Å²) < 4.78 is 33.5. The molecule has 0 amide bonds. The summed E-state index contributed by atoms with van der Waals surface area (Å²) in [6.45, 7) is -0.794. The summed E-state index contributed by atoms with van der Waals surface area (Å²) >= 11 is 0. The van der Waals surface area contributed by atoms with Gasteiger partial charge in [0.2, 0.25) is 0 Å². The number of aliphatic hydroxyl groups is 1. The molecule has 3 rings (SSSR count). The first-order chi connectivity index (χ1) is 9.53. The molecular weight excluding hydrogens is 272 g/mol. The molecule has 1 aliphatic heterocycles. The first-order valence-electron chi connectivity index (χ1n) is 5.79. The molecule has 0 saturated heterocycles. The number of hydrogen-bond acceptors (Lipinski definition) is 6. The Kier molecular flexibility index (Phi) is 2.87. The first kappa shape index (κ1) is 12.9. The highest BCUT2D eigenvalue weighted by molar-refractivity contribution is 5.81. The molecule has 20 heavy (non-hydrogen) atoms. The third kappa shape index (κ3) is 1.91. The second-order valence-electron chi connectivity index (χ2n) is 4.31. The number of aromatic nitrogens is 4. The quantitative estimate of drug-likeness (QED) is 0.778. The van der Waals surface area contributed by atoms with Crippen molar-refractivity contribution in [2.45, 2.75) is 18.3 Å². The van der Waals surface area contributed by atoms with E-state index in [4.69, 9.17) is 15.6 Å². The second kappa shape index (κ2) is 4.46. The number of alkyl halides is 2. The number of halogens is 2. The van der Waals surface area contributed by atoms with Crippen LogP contribution in [0.3, 0.4) is 0 Å². The van der Waals surface area contributed by atoms with Crippen LogP contribution in [-0.4, -0.2) is 43.3 Å². The number of rotatable bonds is 2. The van der Waals surface area contributed by atoms with E-state index in [0.29, 0.717) is 17.2 Å². The number of nitrogens with zero attached hydrogens (tertiary/aromatic N) is 4. The largest absolute Gasteiger partial charge is 0.393 e. The number of imidazole rings is 1. The summed E-state index contributed by atoms with van der Waals surface area (Å²) in [6.07, 6.45) is 2.06. The van der Waals surface area contributed by atoms with Crippen molar-refractivity contribution < 1.29 is 18.6 Å². The topological polar surface area (TPSA) is 99.1 Å². The van der Waals surface area contributed by atoms with Gasteiger partial charge in [0.15, 0.2) is 23.8 Å². The first-order valence-corrected chi connectivity index (χ1v) is 5.79. The van der Waals surface area contributed by atoms with Crippen LogP contribution in [0.1, 0.15) is 6.23 Å². The van der Waals surface area contributed by atoms with Crippen LogP contribution in [0, 0.1) is 0 Å². The van der Waals surface area contributed by atoms with E-state index in [1.807, 2.05) is 0 Å². The van der Waals surface area contributed by atoms with Crippen LogP contribution in [0.4, 0.5) is 14.6 Å². The summed E-state index contributed by atoms with van der Waals surface area (Å²) in [6, 6.07) is 0. The Hall–Kier alpha value is -2.13. The minimum absolute atomic E-state index is 0.192. The minimum Gasteiger partial charge on any atom is -0.393 e. The van der Waals surface area contributed by atoms with Gasteiger partial charge in [-0.15, -0.1) is 0 Å². The molecule has 0 aliphatic carbocycles.